The van der Waals surface area contributed by atoms with Crippen LogP contribution in [0.5, 0.6) is 0 Å². The van der Waals surface area contributed by atoms with E-state index in [9.17, 15) is 0 Å². The quantitative estimate of drug-likeness (QED) is 0.513. The van der Waals surface area contributed by atoms with Gasteiger partial charge >= 0.3 is 0 Å². The fourth-order valence-electron chi connectivity index (χ4n) is 1.13. The second-order valence-corrected chi connectivity index (χ2v) is 2.96. The van der Waals surface area contributed by atoms with Crippen LogP contribution in [-0.4, -0.2) is 13.2 Å². The Morgan fingerprint density at radius 3 is 1.85 bits per heavy atom. The highest BCUT2D eigenvalue weighted by Gasteiger charge is 1.88. The number of rotatable bonds is 8. The van der Waals surface area contributed by atoms with Gasteiger partial charge in [-0.3, -0.25) is 0 Å². The Morgan fingerprint density at radius 1 is 0.769 bits per heavy atom. The molecule has 0 radical (unpaired) electrons. The highest BCUT2D eigenvalue weighted by Crippen LogP contribution is 2.04. The van der Waals surface area contributed by atoms with E-state index in [4.69, 9.17) is 4.74 Å². The van der Waals surface area contributed by atoms with E-state index in [1.54, 1.807) is 0 Å². The second kappa shape index (κ2) is 17.9. The molecule has 13 heavy (non-hydrogen) atoms. The first-order valence-corrected chi connectivity index (χ1v) is 5.99. The van der Waals surface area contributed by atoms with E-state index >= 15 is 0 Å². The first-order chi connectivity index (χ1) is 6.41. The Morgan fingerprint density at radius 2 is 1.31 bits per heavy atom. The predicted octanol–water partition coefficient (Wildman–Crippen LogP) is 4.41. The van der Waals surface area contributed by atoms with Crippen molar-refractivity contribution < 1.29 is 4.74 Å². The summed E-state index contributed by atoms with van der Waals surface area (Å²) in [5.74, 6) is 0. The number of ether oxygens (including phenoxy) is 1. The van der Waals surface area contributed by atoms with Crippen molar-refractivity contribution in [3.63, 3.8) is 0 Å². The van der Waals surface area contributed by atoms with Gasteiger partial charge in [0.1, 0.15) is 0 Å². The summed E-state index contributed by atoms with van der Waals surface area (Å²) in [5, 5.41) is 0. The average molecular weight is 188 g/mol. The van der Waals surface area contributed by atoms with Crippen LogP contribution >= 0.6 is 0 Å². The Bertz CT molecular complexity index is 54.1. The van der Waals surface area contributed by atoms with E-state index < -0.39 is 0 Å². The molecule has 0 aliphatic heterocycles. The van der Waals surface area contributed by atoms with Gasteiger partial charge in [0.25, 0.3) is 0 Å². The molecule has 0 atom stereocenters. The van der Waals surface area contributed by atoms with Gasteiger partial charge in [-0.15, -0.1) is 0 Å². The lowest BCUT2D eigenvalue weighted by Gasteiger charge is -2.00. The van der Waals surface area contributed by atoms with E-state index in [0.29, 0.717) is 0 Å². The van der Waals surface area contributed by atoms with Gasteiger partial charge in [-0.25, -0.2) is 0 Å². The molecule has 82 valence electrons. The summed E-state index contributed by atoms with van der Waals surface area (Å²) < 4.78 is 5.24. The highest BCUT2D eigenvalue weighted by atomic mass is 16.5. The van der Waals surface area contributed by atoms with Gasteiger partial charge in [0, 0.05) is 13.2 Å². The third-order valence-electron chi connectivity index (χ3n) is 1.85. The minimum atomic E-state index is 0.870. The molecule has 1 heteroatoms. The van der Waals surface area contributed by atoms with Crippen molar-refractivity contribution in [2.45, 2.75) is 66.2 Å². The predicted molar refractivity (Wildman–Crippen MR) is 61.2 cm³/mol. The molecule has 0 saturated heterocycles. The van der Waals surface area contributed by atoms with Crippen LogP contribution in [0.2, 0.25) is 0 Å². The van der Waals surface area contributed by atoms with Crippen LogP contribution in [0, 0.1) is 0 Å². The van der Waals surface area contributed by atoms with Crippen LogP contribution in [0.1, 0.15) is 66.2 Å². The zero-order chi connectivity index (χ0) is 10.4. The van der Waals surface area contributed by atoms with Crippen LogP contribution in [0.4, 0.5) is 0 Å². The van der Waals surface area contributed by atoms with Crippen molar-refractivity contribution in [2.24, 2.45) is 0 Å². The maximum absolute atomic E-state index is 5.24. The lowest BCUT2D eigenvalue weighted by Crippen LogP contribution is -1.92. The smallest absolute Gasteiger partial charge is 0.0465 e. The molecule has 0 fully saturated rings. The Balaban J connectivity index is 0. The van der Waals surface area contributed by atoms with E-state index in [-0.39, 0.29) is 0 Å². The zero-order valence-electron chi connectivity index (χ0n) is 10.1. The van der Waals surface area contributed by atoms with Gasteiger partial charge in [0.2, 0.25) is 0 Å². The molecule has 0 aliphatic carbocycles. The van der Waals surface area contributed by atoms with Crippen molar-refractivity contribution in [2.75, 3.05) is 13.2 Å². The number of hydrogen-bond donors (Lipinski definition) is 0. The summed E-state index contributed by atoms with van der Waals surface area (Å²) >= 11 is 0. The van der Waals surface area contributed by atoms with Crippen molar-refractivity contribution in [1.29, 1.82) is 0 Å². The molecule has 0 unspecified atom stereocenters. The third kappa shape index (κ3) is 18.7. The van der Waals surface area contributed by atoms with Crippen molar-refractivity contribution >= 4 is 0 Å². The highest BCUT2D eigenvalue weighted by molar-refractivity contribution is 4.42. The lowest BCUT2D eigenvalue weighted by molar-refractivity contribution is 0.143. The first-order valence-electron chi connectivity index (χ1n) is 5.99. The largest absolute Gasteiger partial charge is 0.382 e. The molecule has 0 aromatic rings. The van der Waals surface area contributed by atoms with E-state index in [2.05, 4.69) is 13.8 Å². The molecule has 0 aromatic heterocycles. The maximum atomic E-state index is 5.24. The lowest BCUT2D eigenvalue weighted by atomic mass is 10.1. The molecular weight excluding hydrogens is 160 g/mol. The normalized spacial score (nSPS) is 9.23. The second-order valence-electron chi connectivity index (χ2n) is 2.96. The van der Waals surface area contributed by atoms with Gasteiger partial charge in [-0.1, -0.05) is 52.9 Å². The molecule has 0 N–H and O–H groups in total. The Hall–Kier alpha value is -0.0400. The summed E-state index contributed by atoms with van der Waals surface area (Å²) in [6.07, 6.45) is 8.13. The van der Waals surface area contributed by atoms with Crippen molar-refractivity contribution in [3.05, 3.63) is 0 Å². The van der Waals surface area contributed by atoms with Crippen LogP contribution in [-0.2, 0) is 4.74 Å². The van der Waals surface area contributed by atoms with E-state index in [1.807, 2.05) is 13.8 Å². The summed E-state index contributed by atoms with van der Waals surface area (Å²) in [6.45, 7) is 10.1. The first kappa shape index (κ1) is 15.4. The molecule has 1 nitrogen and oxygen atoms in total. The molecular formula is C12H28O. The molecule has 0 amide bonds. The summed E-state index contributed by atoms with van der Waals surface area (Å²) in [5.41, 5.74) is 0. The minimum absolute atomic E-state index is 0.870. The average Bonchev–Trinajstić information content (AvgIpc) is 2.20. The summed E-state index contributed by atoms with van der Waals surface area (Å²) in [7, 11) is 0. The Labute approximate surface area is 84.9 Å². The van der Waals surface area contributed by atoms with Crippen LogP contribution in [0.15, 0.2) is 0 Å². The molecule has 0 rings (SSSR count). The van der Waals surface area contributed by atoms with E-state index in [0.717, 1.165) is 13.2 Å². The van der Waals surface area contributed by atoms with Crippen LogP contribution in [0.25, 0.3) is 0 Å². The fourth-order valence-corrected chi connectivity index (χ4v) is 1.13. The third-order valence-corrected chi connectivity index (χ3v) is 1.85. The fraction of sp³-hybridized carbons (Fsp3) is 1.00. The zero-order valence-corrected chi connectivity index (χ0v) is 10.1. The van der Waals surface area contributed by atoms with Gasteiger partial charge < -0.3 is 4.74 Å². The van der Waals surface area contributed by atoms with Gasteiger partial charge in [0.15, 0.2) is 0 Å². The van der Waals surface area contributed by atoms with E-state index in [1.165, 1.54) is 38.5 Å². The number of unbranched alkanes of at least 4 members (excludes halogenated alkanes) is 5. The molecule has 0 bridgehead atoms. The SMILES string of the molecule is CC.CCCCCCCCOCC. The van der Waals surface area contributed by atoms with Gasteiger partial charge in [-0.05, 0) is 13.3 Å². The topological polar surface area (TPSA) is 9.23 Å². The molecule has 0 aromatic carbocycles. The molecule has 0 heterocycles. The van der Waals surface area contributed by atoms with Gasteiger partial charge in [-0.2, -0.15) is 0 Å². The number of hydrogen-bond acceptors (Lipinski definition) is 1. The van der Waals surface area contributed by atoms with Crippen LogP contribution in [0.3, 0.4) is 0 Å². The molecule has 0 aliphatic rings. The monoisotopic (exact) mass is 188 g/mol. The Kier molecular flexibility index (Phi) is 21.2. The van der Waals surface area contributed by atoms with Crippen LogP contribution < -0.4 is 0 Å². The maximum Gasteiger partial charge on any atom is 0.0465 e. The molecule has 0 saturated carbocycles. The van der Waals surface area contributed by atoms with Crippen molar-refractivity contribution in [1.82, 2.24) is 0 Å². The van der Waals surface area contributed by atoms with Gasteiger partial charge in [0.05, 0.1) is 0 Å². The summed E-state index contributed by atoms with van der Waals surface area (Å²) in [4.78, 5) is 0. The minimum Gasteiger partial charge on any atom is -0.382 e. The molecule has 0 spiro atoms. The summed E-state index contributed by atoms with van der Waals surface area (Å²) in [6, 6.07) is 0. The standard InChI is InChI=1S/C10H22O.C2H6/c1-3-5-6-7-8-9-10-11-4-2;1-2/h3-10H2,1-2H3;1-2H3. The van der Waals surface area contributed by atoms with Crippen molar-refractivity contribution in [3.8, 4) is 0 Å².